The third kappa shape index (κ3) is 4.11. The van der Waals surface area contributed by atoms with Crippen molar-refractivity contribution >= 4 is 34.7 Å². The van der Waals surface area contributed by atoms with Crippen molar-refractivity contribution in [1.82, 2.24) is 4.98 Å². The lowest BCUT2D eigenvalue weighted by atomic mass is 9.85. The Balaban J connectivity index is 1.89. The first-order valence-corrected chi connectivity index (χ1v) is 8.66. The third-order valence-electron chi connectivity index (χ3n) is 4.14. The number of aromatic nitrogens is 1. The fourth-order valence-electron chi connectivity index (χ4n) is 2.93. The molecule has 0 saturated heterocycles. The monoisotopic (exact) mass is 362 g/mol. The van der Waals surface area contributed by atoms with E-state index in [1.165, 1.54) is 0 Å². The van der Waals surface area contributed by atoms with Gasteiger partial charge in [-0.1, -0.05) is 26.8 Å². The summed E-state index contributed by atoms with van der Waals surface area (Å²) in [6, 6.07) is 13.0. The molecule has 0 bridgehead atoms. The minimum atomic E-state index is -1.01. The van der Waals surface area contributed by atoms with Crippen molar-refractivity contribution in [3.05, 3.63) is 59.8 Å². The molecular weight excluding hydrogens is 340 g/mol. The fraction of sp³-hybridized carbons (Fsp3) is 0.238. The van der Waals surface area contributed by atoms with Gasteiger partial charge in [-0.25, -0.2) is 19.8 Å². The Bertz CT molecular complexity index is 950. The number of anilines is 2. The van der Waals surface area contributed by atoms with Crippen LogP contribution in [0.4, 0.5) is 17.2 Å². The highest BCUT2D eigenvalue weighted by Gasteiger charge is 2.33. The first kappa shape index (κ1) is 18.5. The molecule has 0 amide bonds. The molecule has 6 heteroatoms. The quantitative estimate of drug-likeness (QED) is 0.821. The van der Waals surface area contributed by atoms with Gasteiger partial charge in [0.15, 0.2) is 5.84 Å². The number of pyridine rings is 1. The molecule has 3 rings (SSSR count). The van der Waals surface area contributed by atoms with E-state index >= 15 is 0 Å². The zero-order chi connectivity index (χ0) is 19.6. The number of nitrogens with zero attached hydrogens (tertiary/aromatic N) is 3. The van der Waals surface area contributed by atoms with Crippen LogP contribution in [0.2, 0.25) is 0 Å². The average Bonchev–Trinajstić information content (AvgIpc) is 2.94. The van der Waals surface area contributed by atoms with E-state index in [2.05, 4.69) is 20.3 Å². The molecule has 0 aliphatic carbocycles. The van der Waals surface area contributed by atoms with Gasteiger partial charge in [0.1, 0.15) is 11.4 Å². The molecule has 2 heterocycles. The van der Waals surface area contributed by atoms with Crippen molar-refractivity contribution in [3.8, 4) is 0 Å². The van der Waals surface area contributed by atoms with Crippen LogP contribution in [0.3, 0.4) is 0 Å². The van der Waals surface area contributed by atoms with E-state index in [1.54, 1.807) is 13.1 Å². The molecule has 1 aromatic carbocycles. The van der Waals surface area contributed by atoms with Gasteiger partial charge in [-0.05, 0) is 48.9 Å². The number of aliphatic imine (C=N–C) groups is 2. The van der Waals surface area contributed by atoms with E-state index in [9.17, 15) is 9.90 Å². The van der Waals surface area contributed by atoms with Crippen LogP contribution in [0.1, 0.15) is 27.7 Å². The van der Waals surface area contributed by atoms with Crippen LogP contribution in [0.5, 0.6) is 0 Å². The van der Waals surface area contributed by atoms with E-state index in [0.717, 1.165) is 17.2 Å². The number of carbonyl (C=O) groups is 1. The van der Waals surface area contributed by atoms with Gasteiger partial charge in [0.25, 0.3) is 0 Å². The van der Waals surface area contributed by atoms with Crippen molar-refractivity contribution in [2.24, 2.45) is 15.4 Å². The SMILES string of the molecule is CC1=C(C(=O)O)C(=Nc2ccc(Nc3ccccn3)cc2)N=C1C(C)(C)C. The highest BCUT2D eigenvalue weighted by atomic mass is 16.4. The van der Waals surface area contributed by atoms with Crippen molar-refractivity contribution in [2.75, 3.05) is 5.32 Å². The maximum Gasteiger partial charge on any atom is 0.339 e. The fourth-order valence-corrected chi connectivity index (χ4v) is 2.93. The summed E-state index contributed by atoms with van der Waals surface area (Å²) in [6.45, 7) is 7.82. The molecule has 0 spiro atoms. The Morgan fingerprint density at radius 2 is 1.81 bits per heavy atom. The highest BCUT2D eigenvalue weighted by Crippen LogP contribution is 2.31. The molecule has 0 unspecified atom stereocenters. The molecule has 27 heavy (non-hydrogen) atoms. The molecular formula is C21H22N4O2. The minimum Gasteiger partial charge on any atom is -0.478 e. The number of amidine groups is 1. The second-order valence-corrected chi connectivity index (χ2v) is 7.34. The zero-order valence-corrected chi connectivity index (χ0v) is 15.8. The number of aliphatic carboxylic acids is 1. The van der Waals surface area contributed by atoms with Crippen LogP contribution in [-0.2, 0) is 4.79 Å². The number of hydrogen-bond donors (Lipinski definition) is 2. The molecule has 0 saturated carbocycles. The lowest BCUT2D eigenvalue weighted by Crippen LogP contribution is -2.20. The van der Waals surface area contributed by atoms with Gasteiger partial charge in [0, 0.05) is 17.3 Å². The molecule has 6 nitrogen and oxygen atoms in total. The third-order valence-corrected chi connectivity index (χ3v) is 4.14. The Morgan fingerprint density at radius 3 is 2.37 bits per heavy atom. The molecule has 0 fully saturated rings. The second kappa shape index (κ2) is 7.15. The molecule has 1 aromatic heterocycles. The standard InChI is InChI=1S/C21H22N4O2/c1-13-17(20(26)27)19(25-18(13)21(2,3)4)24-15-10-8-14(9-11-15)23-16-7-5-6-12-22-16/h5-12H,1-4H3,(H,22,23)(H,26,27). The topological polar surface area (TPSA) is 86.9 Å². The van der Waals surface area contributed by atoms with Gasteiger partial charge in [0.05, 0.1) is 11.4 Å². The smallest absolute Gasteiger partial charge is 0.339 e. The summed E-state index contributed by atoms with van der Waals surface area (Å²) in [7, 11) is 0. The van der Waals surface area contributed by atoms with Crippen LogP contribution >= 0.6 is 0 Å². The van der Waals surface area contributed by atoms with Gasteiger partial charge >= 0.3 is 5.97 Å². The summed E-state index contributed by atoms with van der Waals surface area (Å²) in [4.78, 5) is 24.9. The van der Waals surface area contributed by atoms with Crippen molar-refractivity contribution in [1.29, 1.82) is 0 Å². The lowest BCUT2D eigenvalue weighted by Gasteiger charge is -2.19. The number of hydrogen-bond acceptors (Lipinski definition) is 4. The maximum atomic E-state index is 11.7. The second-order valence-electron chi connectivity index (χ2n) is 7.34. The van der Waals surface area contributed by atoms with E-state index in [4.69, 9.17) is 0 Å². The van der Waals surface area contributed by atoms with Crippen LogP contribution in [0, 0.1) is 5.41 Å². The number of nitrogens with one attached hydrogen (secondary N) is 1. The van der Waals surface area contributed by atoms with Gasteiger partial charge in [0.2, 0.25) is 0 Å². The van der Waals surface area contributed by atoms with Crippen molar-refractivity contribution in [3.63, 3.8) is 0 Å². The number of carboxylic acids is 1. The van der Waals surface area contributed by atoms with Crippen LogP contribution < -0.4 is 5.32 Å². The van der Waals surface area contributed by atoms with Crippen LogP contribution in [0.15, 0.2) is 69.8 Å². The largest absolute Gasteiger partial charge is 0.478 e. The van der Waals surface area contributed by atoms with E-state index in [1.807, 2.05) is 63.2 Å². The Labute approximate surface area is 158 Å². The van der Waals surface area contributed by atoms with Crippen molar-refractivity contribution in [2.45, 2.75) is 27.7 Å². The number of benzene rings is 1. The predicted octanol–water partition coefficient (Wildman–Crippen LogP) is 4.76. The highest BCUT2D eigenvalue weighted by molar-refractivity contribution is 6.32. The molecule has 2 N–H and O–H groups in total. The number of rotatable bonds is 4. The summed E-state index contributed by atoms with van der Waals surface area (Å²) >= 11 is 0. The summed E-state index contributed by atoms with van der Waals surface area (Å²) in [5, 5.41) is 12.8. The first-order chi connectivity index (χ1) is 12.8. The van der Waals surface area contributed by atoms with Gasteiger partial charge in [-0.3, -0.25) is 0 Å². The Kier molecular flexibility index (Phi) is 4.90. The Morgan fingerprint density at radius 1 is 1.11 bits per heavy atom. The van der Waals surface area contributed by atoms with E-state index in [-0.39, 0.29) is 16.8 Å². The molecule has 2 aromatic rings. The average molecular weight is 362 g/mol. The van der Waals surface area contributed by atoms with E-state index < -0.39 is 5.97 Å². The maximum absolute atomic E-state index is 11.7. The summed E-state index contributed by atoms with van der Waals surface area (Å²) in [5.41, 5.74) is 2.85. The molecule has 1 aliphatic heterocycles. The Hall–Kier alpha value is -3.28. The molecule has 0 atom stereocenters. The summed E-state index contributed by atoms with van der Waals surface area (Å²) in [6.07, 6.45) is 1.72. The first-order valence-electron chi connectivity index (χ1n) is 8.66. The lowest BCUT2D eigenvalue weighted by molar-refractivity contribution is -0.132. The number of allylic oxidation sites excluding steroid dienone is 1. The number of carboxylic acid groups (broad SMARTS) is 1. The molecule has 0 radical (unpaired) electrons. The molecule has 1 aliphatic rings. The van der Waals surface area contributed by atoms with Gasteiger partial charge in [-0.2, -0.15) is 0 Å². The predicted molar refractivity (Wildman–Crippen MR) is 108 cm³/mol. The van der Waals surface area contributed by atoms with E-state index in [0.29, 0.717) is 11.3 Å². The van der Waals surface area contributed by atoms with Crippen LogP contribution in [0.25, 0.3) is 0 Å². The summed E-state index contributed by atoms with van der Waals surface area (Å²) < 4.78 is 0. The van der Waals surface area contributed by atoms with Crippen LogP contribution in [-0.4, -0.2) is 27.6 Å². The molecule has 138 valence electrons. The van der Waals surface area contributed by atoms with Gasteiger partial charge < -0.3 is 10.4 Å². The van der Waals surface area contributed by atoms with Gasteiger partial charge in [-0.15, -0.1) is 0 Å². The van der Waals surface area contributed by atoms with Crippen molar-refractivity contribution < 1.29 is 9.90 Å². The minimum absolute atomic E-state index is 0.163. The summed E-state index contributed by atoms with van der Waals surface area (Å²) in [5.74, 6) is -0.0171. The normalized spacial score (nSPS) is 15.9. The zero-order valence-electron chi connectivity index (χ0n) is 15.8.